The number of benzene rings is 3. The van der Waals surface area contributed by atoms with E-state index in [4.69, 9.17) is 23.5 Å². The van der Waals surface area contributed by atoms with Crippen LogP contribution < -0.4 is 18.9 Å². The number of rotatable bonds is 8. The Bertz CT molecular complexity index is 1390. The molecule has 5 rings (SSSR count). The highest BCUT2D eigenvalue weighted by atomic mass is 19.1. The molecule has 184 valence electrons. The Balaban J connectivity index is 1.43. The van der Waals surface area contributed by atoms with Crippen molar-refractivity contribution in [2.75, 3.05) is 21.0 Å². The number of hydrogen-bond donors (Lipinski definition) is 0. The molecule has 0 radical (unpaired) electrons. The van der Waals surface area contributed by atoms with Gasteiger partial charge < -0.3 is 28.4 Å². The highest BCUT2D eigenvalue weighted by Crippen LogP contribution is 2.35. The van der Waals surface area contributed by atoms with Crippen molar-refractivity contribution in [2.45, 2.75) is 13.1 Å². The summed E-state index contributed by atoms with van der Waals surface area (Å²) < 4.78 is 40.6. The van der Waals surface area contributed by atoms with Crippen LogP contribution in [0.15, 0.2) is 71.3 Å². The number of halogens is 1. The van der Waals surface area contributed by atoms with Crippen molar-refractivity contribution in [1.82, 2.24) is 10.1 Å². The lowest BCUT2D eigenvalue weighted by Crippen LogP contribution is -2.30. The molecule has 0 aliphatic carbocycles. The number of nitrogens with zero attached hydrogens (tertiary/aromatic N) is 2. The Labute approximate surface area is 206 Å². The summed E-state index contributed by atoms with van der Waals surface area (Å²) in [5, 5.41) is 4.18. The van der Waals surface area contributed by atoms with Gasteiger partial charge in [-0.15, -0.1) is 0 Å². The van der Waals surface area contributed by atoms with E-state index < -0.39 is 5.82 Å². The second kappa shape index (κ2) is 9.99. The van der Waals surface area contributed by atoms with Crippen molar-refractivity contribution in [3.05, 3.63) is 89.4 Å². The Morgan fingerprint density at radius 3 is 2.53 bits per heavy atom. The first-order valence-electron chi connectivity index (χ1n) is 11.2. The van der Waals surface area contributed by atoms with Crippen LogP contribution in [-0.4, -0.2) is 37.0 Å². The zero-order valence-electron chi connectivity index (χ0n) is 19.7. The first kappa shape index (κ1) is 23.2. The number of ether oxygens (including phenoxy) is 4. The van der Waals surface area contributed by atoms with E-state index >= 15 is 0 Å². The monoisotopic (exact) mass is 490 g/mol. The lowest BCUT2D eigenvalue weighted by atomic mass is 10.1. The minimum atomic E-state index is -0.413. The van der Waals surface area contributed by atoms with Gasteiger partial charge in [0, 0.05) is 24.2 Å². The van der Waals surface area contributed by atoms with Crippen LogP contribution in [0.1, 0.15) is 21.6 Å². The average molecular weight is 490 g/mol. The van der Waals surface area contributed by atoms with E-state index in [2.05, 4.69) is 5.16 Å². The van der Waals surface area contributed by atoms with Gasteiger partial charge in [-0.05, 0) is 54.1 Å². The highest BCUT2D eigenvalue weighted by Gasteiger charge is 2.22. The molecule has 8 nitrogen and oxygen atoms in total. The number of methoxy groups -OCH3 is 2. The van der Waals surface area contributed by atoms with E-state index in [0.29, 0.717) is 45.6 Å². The number of amides is 1. The third-order valence-corrected chi connectivity index (χ3v) is 5.77. The van der Waals surface area contributed by atoms with Gasteiger partial charge >= 0.3 is 0 Å². The average Bonchev–Trinajstić information content (AvgIpc) is 3.57. The molecule has 1 aliphatic rings. The molecule has 0 fully saturated rings. The van der Waals surface area contributed by atoms with E-state index in [1.54, 1.807) is 37.3 Å². The van der Waals surface area contributed by atoms with Gasteiger partial charge in [-0.3, -0.25) is 4.79 Å². The lowest BCUT2D eigenvalue weighted by molar-refractivity contribution is 0.0726. The lowest BCUT2D eigenvalue weighted by Gasteiger charge is -2.22. The van der Waals surface area contributed by atoms with Crippen molar-refractivity contribution in [3.8, 4) is 34.3 Å². The zero-order valence-corrected chi connectivity index (χ0v) is 19.7. The maximum absolute atomic E-state index is 13.5. The van der Waals surface area contributed by atoms with E-state index in [1.165, 1.54) is 24.3 Å². The quantitative estimate of drug-likeness (QED) is 0.341. The van der Waals surface area contributed by atoms with Crippen LogP contribution in [0.3, 0.4) is 0 Å². The van der Waals surface area contributed by atoms with E-state index in [0.717, 1.165) is 5.56 Å². The summed E-state index contributed by atoms with van der Waals surface area (Å²) in [6, 6.07) is 18.1. The van der Waals surface area contributed by atoms with Gasteiger partial charge in [0.15, 0.2) is 17.3 Å². The molecule has 3 aromatic carbocycles. The normalized spacial score (nSPS) is 11.9. The Morgan fingerprint density at radius 2 is 1.75 bits per heavy atom. The third kappa shape index (κ3) is 4.81. The van der Waals surface area contributed by atoms with Gasteiger partial charge in [-0.25, -0.2) is 4.39 Å². The molecule has 0 N–H and O–H groups in total. The standard InChI is InChI=1S/C27H23FN2O6/c1-32-21-8-9-22(24(13-21)33-2)25-12-20(29-36-25)15-30(27(31)18-4-6-19(28)7-5-18)14-17-3-10-23-26(11-17)35-16-34-23/h3-13H,14-16H2,1-2H3. The molecular weight excluding hydrogens is 467 g/mol. The van der Waals surface area contributed by atoms with Crippen LogP contribution >= 0.6 is 0 Å². The highest BCUT2D eigenvalue weighted by molar-refractivity contribution is 5.94. The minimum Gasteiger partial charge on any atom is -0.497 e. The summed E-state index contributed by atoms with van der Waals surface area (Å²) in [5.41, 5.74) is 2.44. The van der Waals surface area contributed by atoms with Crippen LogP contribution in [0.2, 0.25) is 0 Å². The van der Waals surface area contributed by atoms with Crippen LogP contribution in [0.5, 0.6) is 23.0 Å². The van der Waals surface area contributed by atoms with Crippen molar-refractivity contribution in [3.63, 3.8) is 0 Å². The third-order valence-electron chi connectivity index (χ3n) is 5.77. The zero-order chi connectivity index (χ0) is 25.1. The largest absolute Gasteiger partial charge is 0.497 e. The molecule has 1 amide bonds. The first-order chi connectivity index (χ1) is 17.5. The first-order valence-corrected chi connectivity index (χ1v) is 11.2. The number of carbonyl (C=O) groups is 1. The van der Waals surface area contributed by atoms with Crippen molar-refractivity contribution in [2.24, 2.45) is 0 Å². The van der Waals surface area contributed by atoms with Gasteiger partial charge in [-0.1, -0.05) is 11.2 Å². The molecule has 0 spiro atoms. The number of hydrogen-bond acceptors (Lipinski definition) is 7. The molecule has 1 aromatic heterocycles. The molecule has 9 heteroatoms. The summed E-state index contributed by atoms with van der Waals surface area (Å²) >= 11 is 0. The molecule has 0 saturated heterocycles. The molecule has 0 saturated carbocycles. The summed E-state index contributed by atoms with van der Waals surface area (Å²) in [4.78, 5) is 15.0. The van der Waals surface area contributed by atoms with Crippen LogP contribution in [0.4, 0.5) is 4.39 Å². The van der Waals surface area contributed by atoms with Crippen LogP contribution in [0, 0.1) is 5.82 Å². The van der Waals surface area contributed by atoms with Gasteiger partial charge in [0.05, 0.1) is 26.3 Å². The molecule has 36 heavy (non-hydrogen) atoms. The predicted octanol–water partition coefficient (Wildman–Crippen LogP) is 5.07. The van der Waals surface area contributed by atoms with E-state index in [1.807, 2.05) is 24.3 Å². The van der Waals surface area contributed by atoms with Gasteiger partial charge in [0.1, 0.15) is 23.0 Å². The van der Waals surface area contributed by atoms with Crippen molar-refractivity contribution >= 4 is 5.91 Å². The van der Waals surface area contributed by atoms with Crippen molar-refractivity contribution in [1.29, 1.82) is 0 Å². The maximum Gasteiger partial charge on any atom is 0.254 e. The Hall–Kier alpha value is -4.53. The Morgan fingerprint density at radius 1 is 0.944 bits per heavy atom. The van der Waals surface area contributed by atoms with Gasteiger partial charge in [-0.2, -0.15) is 0 Å². The van der Waals surface area contributed by atoms with Crippen molar-refractivity contribution < 1.29 is 32.7 Å². The summed E-state index contributed by atoms with van der Waals surface area (Å²) in [6.07, 6.45) is 0. The topological polar surface area (TPSA) is 83.3 Å². The molecular formula is C27H23FN2O6. The summed E-state index contributed by atoms with van der Waals surface area (Å²) in [6.45, 7) is 0.584. The second-order valence-corrected chi connectivity index (χ2v) is 8.10. The molecule has 1 aliphatic heterocycles. The minimum absolute atomic E-state index is 0.159. The molecule has 0 unspecified atom stereocenters. The predicted molar refractivity (Wildman–Crippen MR) is 128 cm³/mol. The summed E-state index contributed by atoms with van der Waals surface area (Å²) in [5.74, 6) is 2.29. The smallest absolute Gasteiger partial charge is 0.254 e. The Kier molecular flexibility index (Phi) is 6.44. The molecule has 0 atom stereocenters. The fourth-order valence-corrected chi connectivity index (χ4v) is 3.95. The van der Waals surface area contributed by atoms with Crippen LogP contribution in [-0.2, 0) is 13.1 Å². The second-order valence-electron chi connectivity index (χ2n) is 8.10. The van der Waals surface area contributed by atoms with E-state index in [-0.39, 0.29) is 25.8 Å². The van der Waals surface area contributed by atoms with Gasteiger partial charge in [0.2, 0.25) is 6.79 Å². The van der Waals surface area contributed by atoms with Crippen LogP contribution in [0.25, 0.3) is 11.3 Å². The number of carbonyl (C=O) groups excluding carboxylic acids is 1. The molecule has 4 aromatic rings. The number of aromatic nitrogens is 1. The summed E-state index contributed by atoms with van der Waals surface area (Å²) in [7, 11) is 3.14. The maximum atomic E-state index is 13.5. The molecule has 0 bridgehead atoms. The molecule has 2 heterocycles. The van der Waals surface area contributed by atoms with Gasteiger partial charge in [0.25, 0.3) is 5.91 Å². The fraction of sp³-hybridized carbons (Fsp3) is 0.185. The van der Waals surface area contributed by atoms with E-state index in [9.17, 15) is 9.18 Å². The number of fused-ring (bicyclic) bond motifs is 1. The SMILES string of the molecule is COc1ccc(-c2cc(CN(Cc3ccc4c(c3)OCO4)C(=O)c3ccc(F)cc3)no2)c(OC)c1. The fourth-order valence-electron chi connectivity index (χ4n) is 3.95.